The first-order valence-corrected chi connectivity index (χ1v) is 7.14. The molecule has 3 aromatic heterocycles. The predicted molar refractivity (Wildman–Crippen MR) is 87.8 cm³/mol. The Bertz CT molecular complexity index is 1250. The van der Waals surface area contributed by atoms with Crippen LogP contribution in [0.1, 0.15) is 21.1 Å². The van der Waals surface area contributed by atoms with Gasteiger partial charge >= 0.3 is 11.6 Å². The lowest BCUT2D eigenvalue weighted by Crippen LogP contribution is -2.39. The van der Waals surface area contributed by atoms with Gasteiger partial charge in [0, 0.05) is 0 Å². The molecule has 130 valence electrons. The minimum Gasteiger partial charge on any atom is -0.397 e. The van der Waals surface area contributed by atoms with Crippen LogP contribution in [0.25, 0.3) is 16.7 Å². The molecule has 4 rings (SSSR count). The van der Waals surface area contributed by atoms with Crippen LogP contribution in [0, 0.1) is 0 Å². The number of aromatic amines is 1. The molecule has 13 nitrogen and oxygen atoms in total. The first-order valence-electron chi connectivity index (χ1n) is 7.14. The maximum absolute atomic E-state index is 12.3. The molecule has 0 spiro atoms. The van der Waals surface area contributed by atoms with Crippen LogP contribution in [0.2, 0.25) is 0 Å². The van der Waals surface area contributed by atoms with Crippen LogP contribution in [0.5, 0.6) is 0 Å². The van der Waals surface area contributed by atoms with Gasteiger partial charge in [-0.2, -0.15) is 0 Å². The number of nitrogens with zero attached hydrogens (tertiary/aromatic N) is 6. The third-order valence-corrected chi connectivity index (χ3v) is 3.56. The molecule has 26 heavy (non-hydrogen) atoms. The highest BCUT2D eigenvalue weighted by Gasteiger charge is 2.18. The molecule has 0 saturated carbocycles. The van der Waals surface area contributed by atoms with Crippen LogP contribution in [0.15, 0.2) is 29.3 Å². The SMILES string of the molecule is NC(=O)c1ncn2c(=O)n(NC(=O)c3nc4c(N)cccc4[nH]3)nnc12. The summed E-state index contributed by atoms with van der Waals surface area (Å²) in [5.74, 6) is -1.68. The second-order valence-electron chi connectivity index (χ2n) is 5.20. The van der Waals surface area contributed by atoms with Crippen molar-refractivity contribution in [3.05, 3.63) is 46.5 Å². The van der Waals surface area contributed by atoms with Gasteiger partial charge in [-0.15, -0.1) is 5.10 Å². The summed E-state index contributed by atoms with van der Waals surface area (Å²) < 4.78 is 0.921. The van der Waals surface area contributed by atoms with Gasteiger partial charge in [-0.25, -0.2) is 24.6 Å². The average Bonchev–Trinajstić information content (AvgIpc) is 3.22. The summed E-state index contributed by atoms with van der Waals surface area (Å²) in [6, 6.07) is 5.05. The molecule has 0 aliphatic carbocycles. The summed E-state index contributed by atoms with van der Waals surface area (Å²) in [5.41, 5.74) is 13.4. The number of fused-ring (bicyclic) bond motifs is 2. The largest absolute Gasteiger partial charge is 0.397 e. The van der Waals surface area contributed by atoms with E-state index in [-0.39, 0.29) is 17.2 Å². The summed E-state index contributed by atoms with van der Waals surface area (Å²) >= 11 is 0. The minimum absolute atomic E-state index is 0.0739. The number of imidazole rings is 2. The Morgan fingerprint density at radius 2 is 2.08 bits per heavy atom. The van der Waals surface area contributed by atoms with Crippen LogP contribution >= 0.6 is 0 Å². The number of aromatic nitrogens is 7. The first-order chi connectivity index (χ1) is 12.5. The lowest BCUT2D eigenvalue weighted by molar-refractivity contribution is 0.0986. The zero-order chi connectivity index (χ0) is 18.4. The smallest absolute Gasteiger partial charge is 0.372 e. The Kier molecular flexibility index (Phi) is 3.15. The Labute approximate surface area is 142 Å². The van der Waals surface area contributed by atoms with Gasteiger partial charge in [-0.05, 0) is 17.3 Å². The maximum atomic E-state index is 12.3. The lowest BCUT2D eigenvalue weighted by Gasteiger charge is -2.04. The van der Waals surface area contributed by atoms with Crippen molar-refractivity contribution >= 4 is 34.2 Å². The van der Waals surface area contributed by atoms with Crippen LogP contribution in [0.4, 0.5) is 5.69 Å². The number of amides is 2. The highest BCUT2D eigenvalue weighted by Crippen LogP contribution is 2.17. The molecule has 0 radical (unpaired) electrons. The Morgan fingerprint density at radius 1 is 1.27 bits per heavy atom. The van der Waals surface area contributed by atoms with Crippen molar-refractivity contribution < 1.29 is 9.59 Å². The molecule has 0 atom stereocenters. The summed E-state index contributed by atoms with van der Waals surface area (Å²) in [4.78, 5) is 47.0. The van der Waals surface area contributed by atoms with Crippen LogP contribution in [-0.2, 0) is 0 Å². The number of nitrogen functional groups attached to an aromatic ring is 1. The fourth-order valence-corrected chi connectivity index (χ4v) is 2.36. The van der Waals surface area contributed by atoms with Crippen molar-refractivity contribution in [1.29, 1.82) is 0 Å². The molecule has 0 saturated heterocycles. The average molecular weight is 354 g/mol. The number of anilines is 1. The molecule has 0 unspecified atom stereocenters. The zero-order valence-corrected chi connectivity index (χ0v) is 12.9. The fraction of sp³-hybridized carbons (Fsp3) is 0. The summed E-state index contributed by atoms with van der Waals surface area (Å²) in [6.07, 6.45) is 1.05. The number of hydrogen-bond acceptors (Lipinski definition) is 8. The van der Waals surface area contributed by atoms with E-state index in [1.807, 2.05) is 0 Å². The summed E-state index contributed by atoms with van der Waals surface area (Å²) in [5, 5.41) is 7.22. The van der Waals surface area contributed by atoms with Crippen LogP contribution in [0.3, 0.4) is 0 Å². The van der Waals surface area contributed by atoms with E-state index in [1.165, 1.54) is 0 Å². The van der Waals surface area contributed by atoms with Crippen molar-refractivity contribution in [3.8, 4) is 0 Å². The van der Waals surface area contributed by atoms with E-state index < -0.39 is 17.5 Å². The number of carbonyl (C=O) groups excluding carboxylic acids is 2. The van der Waals surface area contributed by atoms with E-state index in [0.717, 1.165) is 10.7 Å². The second-order valence-corrected chi connectivity index (χ2v) is 5.20. The molecule has 0 aliphatic heterocycles. The molecule has 13 heteroatoms. The first kappa shape index (κ1) is 15.3. The molecule has 3 heterocycles. The normalized spacial score (nSPS) is 11.1. The molecule has 4 aromatic rings. The van der Waals surface area contributed by atoms with Gasteiger partial charge in [0.05, 0.1) is 11.2 Å². The van der Waals surface area contributed by atoms with Gasteiger partial charge in [-0.1, -0.05) is 10.9 Å². The van der Waals surface area contributed by atoms with Crippen LogP contribution in [-0.4, -0.2) is 46.3 Å². The number of rotatable bonds is 3. The predicted octanol–water partition coefficient (Wildman–Crippen LogP) is -1.77. The molecule has 6 N–H and O–H groups in total. The third-order valence-electron chi connectivity index (χ3n) is 3.56. The van der Waals surface area contributed by atoms with Gasteiger partial charge in [0.15, 0.2) is 17.2 Å². The van der Waals surface area contributed by atoms with Gasteiger partial charge in [0.1, 0.15) is 11.8 Å². The Balaban J connectivity index is 1.71. The molecule has 0 bridgehead atoms. The van der Waals surface area contributed by atoms with Crippen molar-refractivity contribution in [2.45, 2.75) is 0 Å². The Morgan fingerprint density at radius 3 is 2.81 bits per heavy atom. The quantitative estimate of drug-likeness (QED) is 0.310. The molecular formula is C13H10N10O3. The zero-order valence-electron chi connectivity index (χ0n) is 12.9. The maximum Gasteiger partial charge on any atom is 0.372 e. The van der Waals surface area contributed by atoms with Gasteiger partial charge in [-0.3, -0.25) is 9.59 Å². The molecule has 0 fully saturated rings. The highest BCUT2D eigenvalue weighted by atomic mass is 16.2. The molecular weight excluding hydrogens is 344 g/mol. The minimum atomic E-state index is -0.858. The van der Waals surface area contributed by atoms with Crippen molar-refractivity contribution in [2.24, 2.45) is 5.73 Å². The van der Waals surface area contributed by atoms with E-state index in [1.54, 1.807) is 18.2 Å². The number of H-pyrrole nitrogens is 1. The Hall–Kier alpha value is -4.29. The fourth-order valence-electron chi connectivity index (χ4n) is 2.36. The van der Waals surface area contributed by atoms with Crippen molar-refractivity contribution in [1.82, 2.24) is 34.5 Å². The topological polar surface area (TPSA) is 192 Å². The number of carbonyl (C=O) groups is 2. The lowest BCUT2D eigenvalue weighted by atomic mass is 10.3. The van der Waals surface area contributed by atoms with E-state index in [9.17, 15) is 14.4 Å². The number of hydrogen-bond donors (Lipinski definition) is 4. The van der Waals surface area contributed by atoms with Crippen molar-refractivity contribution in [3.63, 3.8) is 0 Å². The van der Waals surface area contributed by atoms with Crippen LogP contribution < -0.4 is 22.6 Å². The number of nitrogens with two attached hydrogens (primary N) is 2. The number of nitrogens with one attached hydrogen (secondary N) is 2. The summed E-state index contributed by atoms with van der Waals surface area (Å²) in [6.45, 7) is 0. The number of primary amides is 1. The number of benzene rings is 1. The number of para-hydroxylation sites is 1. The molecule has 0 aliphatic rings. The van der Waals surface area contributed by atoms with E-state index in [2.05, 4.69) is 30.7 Å². The monoisotopic (exact) mass is 354 g/mol. The molecule has 1 aromatic carbocycles. The van der Waals surface area contributed by atoms with Gasteiger partial charge < -0.3 is 16.5 Å². The van der Waals surface area contributed by atoms with E-state index in [4.69, 9.17) is 11.5 Å². The highest BCUT2D eigenvalue weighted by molar-refractivity contribution is 6.00. The second kappa shape index (κ2) is 5.37. The van der Waals surface area contributed by atoms with E-state index >= 15 is 0 Å². The van der Waals surface area contributed by atoms with E-state index in [0.29, 0.717) is 21.5 Å². The molecule has 2 amide bonds. The standard InChI is InChI=1S/C13H10N10O3/c14-5-2-1-3-6-7(5)18-10(17-6)12(25)20-23-13(26)22-4-16-8(9(15)24)11(22)19-21-23/h1-4H,14H2,(H2,15,24)(H,17,18)(H,20,25). The van der Waals surface area contributed by atoms with Gasteiger partial charge in [0.25, 0.3) is 5.91 Å². The summed E-state index contributed by atoms with van der Waals surface area (Å²) in [7, 11) is 0. The van der Waals surface area contributed by atoms with Gasteiger partial charge in [0.2, 0.25) is 0 Å². The third kappa shape index (κ3) is 2.22. The van der Waals surface area contributed by atoms with Crippen molar-refractivity contribution in [2.75, 3.05) is 11.2 Å².